The summed E-state index contributed by atoms with van der Waals surface area (Å²) in [6, 6.07) is 0. The van der Waals surface area contributed by atoms with Crippen molar-refractivity contribution in [2.45, 2.75) is 113 Å². The van der Waals surface area contributed by atoms with E-state index < -0.39 is 5.41 Å². The summed E-state index contributed by atoms with van der Waals surface area (Å²) in [6.45, 7) is 17.4. The van der Waals surface area contributed by atoms with Gasteiger partial charge in [-0.3, -0.25) is 14.4 Å². The number of hydrogen-bond acceptors (Lipinski definition) is 4. The summed E-state index contributed by atoms with van der Waals surface area (Å²) in [5, 5.41) is 0. The lowest BCUT2D eigenvalue weighted by atomic mass is 9.39. The van der Waals surface area contributed by atoms with Gasteiger partial charge in [0, 0.05) is 37.0 Å². The molecular formula is C31H48O4. The first-order chi connectivity index (χ1) is 16.3. The van der Waals surface area contributed by atoms with E-state index in [-0.39, 0.29) is 52.2 Å². The molecule has 0 aromatic heterocycles. The Morgan fingerprint density at radius 2 is 1.77 bits per heavy atom. The van der Waals surface area contributed by atoms with Crippen molar-refractivity contribution in [2.24, 2.45) is 51.8 Å². The minimum absolute atomic E-state index is 0.0526. The molecule has 3 fully saturated rings. The largest absolute Gasteiger partial charge is 0.462 e. The number of ketones is 2. The van der Waals surface area contributed by atoms with E-state index in [1.165, 1.54) is 31.8 Å². The molecule has 0 aliphatic heterocycles. The highest BCUT2D eigenvalue weighted by molar-refractivity contribution is 5.90. The van der Waals surface area contributed by atoms with Gasteiger partial charge in [0.25, 0.3) is 0 Å². The predicted octanol–water partition coefficient (Wildman–Crippen LogP) is 6.95. The van der Waals surface area contributed by atoms with Crippen LogP contribution in [0.5, 0.6) is 0 Å². The molecule has 4 nitrogen and oxygen atoms in total. The lowest BCUT2D eigenvalue weighted by Gasteiger charge is -2.65. The van der Waals surface area contributed by atoms with Crippen LogP contribution in [0, 0.1) is 51.8 Å². The van der Waals surface area contributed by atoms with Gasteiger partial charge in [-0.2, -0.15) is 0 Å². The molecule has 0 unspecified atom stereocenters. The van der Waals surface area contributed by atoms with Gasteiger partial charge in [0.2, 0.25) is 0 Å². The van der Waals surface area contributed by atoms with Crippen molar-refractivity contribution in [3.63, 3.8) is 0 Å². The van der Waals surface area contributed by atoms with E-state index in [9.17, 15) is 14.4 Å². The van der Waals surface area contributed by atoms with Gasteiger partial charge < -0.3 is 4.74 Å². The fourth-order valence-electron chi connectivity index (χ4n) is 9.44. The van der Waals surface area contributed by atoms with Crippen LogP contribution in [0.3, 0.4) is 0 Å². The minimum atomic E-state index is -0.537. The molecule has 4 rings (SSSR count). The van der Waals surface area contributed by atoms with E-state index in [0.29, 0.717) is 24.7 Å². The number of Topliss-reactive ketones (excluding diaryl/α,β-unsaturated/α-hetero) is 2. The third kappa shape index (κ3) is 3.96. The number of ether oxygens (including phenoxy) is 1. The third-order valence-corrected chi connectivity index (χ3v) is 11.4. The first-order valence-electron chi connectivity index (χ1n) is 14.2. The van der Waals surface area contributed by atoms with Gasteiger partial charge in [-0.25, -0.2) is 0 Å². The summed E-state index contributed by atoms with van der Waals surface area (Å²) >= 11 is 0. The fraction of sp³-hybridized carbons (Fsp3) is 0.839. The molecule has 4 heteroatoms. The molecule has 196 valence electrons. The second kappa shape index (κ2) is 9.14. The highest BCUT2D eigenvalue weighted by Crippen LogP contribution is 2.74. The molecule has 0 N–H and O–H groups in total. The van der Waals surface area contributed by atoms with Crippen LogP contribution in [0.25, 0.3) is 0 Å². The van der Waals surface area contributed by atoms with Crippen molar-refractivity contribution in [1.29, 1.82) is 0 Å². The summed E-state index contributed by atoms with van der Waals surface area (Å²) in [5.74, 6) is 1.70. The second-order valence-corrected chi connectivity index (χ2v) is 13.7. The molecule has 0 aromatic rings. The van der Waals surface area contributed by atoms with Crippen LogP contribution >= 0.6 is 0 Å². The zero-order valence-corrected chi connectivity index (χ0v) is 23.4. The SMILES string of the molecule is CC(=O)O[C@H]1C[C@]2(C)[C@@H]([C@H](C)CCCC(C)C)CC[C@@]2(C)[C@@H]2C(=O)C[C@@H]3C(=CCC(=O)[C@H]3C)[C@]12C. The van der Waals surface area contributed by atoms with Crippen LogP contribution < -0.4 is 0 Å². The molecule has 0 saturated heterocycles. The van der Waals surface area contributed by atoms with Gasteiger partial charge in [-0.15, -0.1) is 0 Å². The molecular weight excluding hydrogens is 436 g/mol. The number of fused-ring (bicyclic) bond motifs is 5. The van der Waals surface area contributed by atoms with E-state index in [1.807, 2.05) is 6.92 Å². The maximum Gasteiger partial charge on any atom is 0.302 e. The van der Waals surface area contributed by atoms with E-state index in [1.54, 1.807) is 0 Å². The first-order valence-corrected chi connectivity index (χ1v) is 14.2. The lowest BCUT2D eigenvalue weighted by Crippen LogP contribution is -2.66. The highest BCUT2D eigenvalue weighted by Gasteiger charge is 2.72. The first kappa shape index (κ1) is 26.6. The second-order valence-electron chi connectivity index (χ2n) is 13.7. The number of rotatable bonds is 6. The van der Waals surface area contributed by atoms with Gasteiger partial charge in [0.05, 0.1) is 0 Å². The van der Waals surface area contributed by atoms with E-state index in [0.717, 1.165) is 25.2 Å². The number of carbonyl (C=O) groups excluding carboxylic acids is 3. The van der Waals surface area contributed by atoms with Crippen LogP contribution in [-0.2, 0) is 19.1 Å². The topological polar surface area (TPSA) is 60.4 Å². The number of hydrogen-bond donors (Lipinski definition) is 0. The van der Waals surface area contributed by atoms with Crippen molar-refractivity contribution < 1.29 is 19.1 Å². The van der Waals surface area contributed by atoms with Crippen LogP contribution in [0.15, 0.2) is 11.6 Å². The van der Waals surface area contributed by atoms with Crippen molar-refractivity contribution >= 4 is 17.5 Å². The number of esters is 1. The molecule has 0 spiro atoms. The fourth-order valence-corrected chi connectivity index (χ4v) is 9.44. The maximum atomic E-state index is 14.1. The Hall–Kier alpha value is -1.45. The van der Waals surface area contributed by atoms with Gasteiger partial charge in [-0.05, 0) is 53.8 Å². The molecule has 4 aliphatic rings. The maximum absolute atomic E-state index is 14.1. The van der Waals surface area contributed by atoms with E-state index in [4.69, 9.17) is 4.74 Å². The minimum Gasteiger partial charge on any atom is -0.462 e. The molecule has 0 radical (unpaired) electrons. The highest BCUT2D eigenvalue weighted by atomic mass is 16.5. The Labute approximate surface area is 213 Å². The molecule has 0 aromatic carbocycles. The quantitative estimate of drug-likeness (QED) is 0.302. The lowest BCUT2D eigenvalue weighted by molar-refractivity contribution is -0.200. The summed E-state index contributed by atoms with van der Waals surface area (Å²) in [5.41, 5.74) is 0.485. The van der Waals surface area contributed by atoms with Crippen molar-refractivity contribution in [2.75, 3.05) is 0 Å². The Balaban J connectivity index is 1.76. The van der Waals surface area contributed by atoms with Crippen molar-refractivity contribution in [3.05, 3.63) is 11.6 Å². The summed E-state index contributed by atoms with van der Waals surface area (Å²) < 4.78 is 6.17. The number of allylic oxidation sites excluding steroid dienone is 1. The smallest absolute Gasteiger partial charge is 0.302 e. The zero-order valence-electron chi connectivity index (χ0n) is 23.4. The summed E-state index contributed by atoms with van der Waals surface area (Å²) in [4.78, 5) is 39.1. The normalized spacial score (nSPS) is 43.8. The Bertz CT molecular complexity index is 917. The van der Waals surface area contributed by atoms with Crippen LogP contribution in [0.2, 0.25) is 0 Å². The number of carbonyl (C=O) groups is 3. The average molecular weight is 485 g/mol. The van der Waals surface area contributed by atoms with Crippen LogP contribution in [-0.4, -0.2) is 23.6 Å². The van der Waals surface area contributed by atoms with Gasteiger partial charge in [0.1, 0.15) is 17.7 Å². The monoisotopic (exact) mass is 484 g/mol. The molecule has 9 atom stereocenters. The third-order valence-electron chi connectivity index (χ3n) is 11.4. The summed E-state index contributed by atoms with van der Waals surface area (Å²) in [7, 11) is 0. The average Bonchev–Trinajstić information content (AvgIpc) is 3.01. The predicted molar refractivity (Wildman–Crippen MR) is 139 cm³/mol. The molecule has 35 heavy (non-hydrogen) atoms. The van der Waals surface area contributed by atoms with Crippen molar-refractivity contribution in [1.82, 2.24) is 0 Å². The molecule has 3 saturated carbocycles. The van der Waals surface area contributed by atoms with Crippen LogP contribution in [0.4, 0.5) is 0 Å². The molecule has 4 aliphatic carbocycles. The van der Waals surface area contributed by atoms with Crippen LogP contribution in [0.1, 0.15) is 107 Å². The van der Waals surface area contributed by atoms with Gasteiger partial charge in [0.15, 0.2) is 0 Å². The zero-order chi connectivity index (χ0) is 25.9. The Kier molecular flexibility index (Phi) is 6.95. The van der Waals surface area contributed by atoms with E-state index in [2.05, 4.69) is 47.6 Å². The molecule has 0 amide bonds. The Morgan fingerprint density at radius 3 is 2.40 bits per heavy atom. The molecule has 0 bridgehead atoms. The van der Waals surface area contributed by atoms with Crippen molar-refractivity contribution in [3.8, 4) is 0 Å². The Morgan fingerprint density at radius 1 is 1.09 bits per heavy atom. The van der Waals surface area contributed by atoms with Gasteiger partial charge >= 0.3 is 5.97 Å². The molecule has 0 heterocycles. The standard InChI is InChI=1S/C31H48O4/c1-18(2)10-9-11-19(3)23-14-15-29(6)28-26(34)16-22-20(4)25(33)13-12-24(22)31(28,8)27(35-21(5)32)17-30(23,29)7/h12,18-20,22-23,27-28H,9-11,13-17H2,1-8H3/t19-,20+,22+,23-,27+,28+,29+,30-,31-/m1/s1. The van der Waals surface area contributed by atoms with Gasteiger partial charge in [-0.1, -0.05) is 79.4 Å². The summed E-state index contributed by atoms with van der Waals surface area (Å²) in [6.07, 6.45) is 9.37. The van der Waals surface area contributed by atoms with E-state index >= 15 is 0 Å².